The Balaban J connectivity index is 1.82. The van der Waals surface area contributed by atoms with E-state index in [9.17, 15) is 8.42 Å². The van der Waals surface area contributed by atoms with E-state index in [-0.39, 0.29) is 5.08 Å². The molecule has 0 aliphatic rings. The van der Waals surface area contributed by atoms with Crippen molar-refractivity contribution >= 4 is 66.8 Å². The molecule has 2 unspecified atom stereocenters. The van der Waals surface area contributed by atoms with Gasteiger partial charge in [0.2, 0.25) is 0 Å². The van der Waals surface area contributed by atoms with Crippen LogP contribution in [0.1, 0.15) is 11.1 Å². The third kappa shape index (κ3) is 7.45. The fourth-order valence-electron chi connectivity index (χ4n) is 1.74. The molecular weight excluding hydrogens is 554 g/mol. The lowest BCUT2D eigenvalue weighted by Gasteiger charge is -2.01. The van der Waals surface area contributed by atoms with Crippen molar-refractivity contribution in [3.05, 3.63) is 66.8 Å². The Labute approximate surface area is 169 Å². The Morgan fingerprint density at radius 1 is 0.870 bits per heavy atom. The predicted molar refractivity (Wildman–Crippen MR) is 115 cm³/mol. The van der Waals surface area contributed by atoms with Crippen molar-refractivity contribution in [2.75, 3.05) is 10.8 Å². The molecule has 0 saturated carbocycles. The molecule has 0 aliphatic heterocycles. The first-order chi connectivity index (χ1) is 11.0. The highest BCUT2D eigenvalue weighted by Crippen LogP contribution is 2.08. The summed E-state index contributed by atoms with van der Waals surface area (Å²) in [4.78, 5) is 0. The van der Waals surface area contributed by atoms with E-state index in [4.69, 9.17) is 0 Å². The van der Waals surface area contributed by atoms with E-state index >= 15 is 0 Å². The van der Waals surface area contributed by atoms with Gasteiger partial charge >= 0.3 is 0 Å². The quantitative estimate of drug-likeness (QED) is 0.406. The molecule has 0 aromatic heterocycles. The largest absolute Gasteiger partial charge is 0.259 e. The van der Waals surface area contributed by atoms with Crippen LogP contribution in [-0.2, 0) is 28.0 Å². The zero-order valence-electron chi connectivity index (χ0n) is 12.1. The van der Waals surface area contributed by atoms with Crippen molar-refractivity contribution in [2.24, 2.45) is 0 Å². The van der Waals surface area contributed by atoms with Crippen LogP contribution in [0.25, 0.3) is 0 Å². The molecule has 23 heavy (non-hydrogen) atoms. The summed E-state index contributed by atoms with van der Waals surface area (Å²) in [5.41, 5.74) is 1.97. The normalized spacial score (nSPS) is 13.0. The second-order valence-corrected chi connectivity index (χ2v) is 10.3. The molecule has 2 atom stereocenters. The maximum absolute atomic E-state index is 12.0. The maximum Gasteiger partial charge on any atom is 0.111 e. The van der Waals surface area contributed by atoms with Crippen LogP contribution in [0.5, 0.6) is 0 Å². The fraction of sp³-hybridized carbons (Fsp3) is 0.176. The molecule has 0 bridgehead atoms. The van der Waals surface area contributed by atoms with E-state index in [1.807, 2.05) is 48.5 Å². The minimum atomic E-state index is -1.38. The van der Waals surface area contributed by atoms with Crippen LogP contribution in [0.4, 0.5) is 0 Å². The summed E-state index contributed by atoms with van der Waals surface area (Å²) >= 11 is 4.48. The van der Waals surface area contributed by atoms with Gasteiger partial charge in [-0.1, -0.05) is 18.1 Å². The molecule has 2 nitrogen and oxygen atoms in total. The molecule has 2 aromatic rings. The SMILES string of the molecule is O=S(C#Cc1ccc(I)cc1)CS(=O)CCc1ccc(I)cc1. The monoisotopic (exact) mass is 568 g/mol. The van der Waals surface area contributed by atoms with Crippen molar-refractivity contribution in [2.45, 2.75) is 6.42 Å². The summed E-state index contributed by atoms with van der Waals surface area (Å²) in [6, 6.07) is 15.8. The van der Waals surface area contributed by atoms with E-state index in [1.54, 1.807) is 0 Å². The molecule has 0 saturated heterocycles. The first-order valence-electron chi connectivity index (χ1n) is 6.78. The molecule has 2 aromatic carbocycles. The van der Waals surface area contributed by atoms with Crippen LogP contribution in [0.2, 0.25) is 0 Å². The van der Waals surface area contributed by atoms with Crippen molar-refractivity contribution in [1.29, 1.82) is 0 Å². The van der Waals surface area contributed by atoms with Crippen molar-refractivity contribution < 1.29 is 8.42 Å². The van der Waals surface area contributed by atoms with Crippen LogP contribution in [-0.4, -0.2) is 19.3 Å². The molecule has 0 radical (unpaired) electrons. The number of aryl methyl sites for hydroxylation is 1. The molecule has 2 rings (SSSR count). The Morgan fingerprint density at radius 2 is 1.43 bits per heavy atom. The number of halogens is 2. The second-order valence-electron chi connectivity index (χ2n) is 4.72. The van der Waals surface area contributed by atoms with Gasteiger partial charge in [-0.25, -0.2) is 4.21 Å². The van der Waals surface area contributed by atoms with E-state index < -0.39 is 21.6 Å². The van der Waals surface area contributed by atoms with Gasteiger partial charge in [-0.05, 0) is 93.6 Å². The van der Waals surface area contributed by atoms with Gasteiger partial charge in [0.05, 0.1) is 0 Å². The van der Waals surface area contributed by atoms with E-state index in [0.29, 0.717) is 5.75 Å². The van der Waals surface area contributed by atoms with Crippen LogP contribution < -0.4 is 0 Å². The van der Waals surface area contributed by atoms with Crippen molar-refractivity contribution in [3.63, 3.8) is 0 Å². The van der Waals surface area contributed by atoms with Gasteiger partial charge in [0.1, 0.15) is 15.9 Å². The molecule has 0 spiro atoms. The summed E-state index contributed by atoms with van der Waals surface area (Å²) in [7, 11) is -2.51. The number of hydrogen-bond acceptors (Lipinski definition) is 2. The Morgan fingerprint density at radius 3 is 2.04 bits per heavy atom. The standard InChI is InChI=1S/C17H14I2O2S2/c18-16-5-1-14(2-6-16)9-11-22(20)13-23(21)12-10-15-3-7-17(19)8-4-15/h1-8H,9,11,13H2. The van der Waals surface area contributed by atoms with Crippen molar-refractivity contribution in [1.82, 2.24) is 0 Å². The van der Waals surface area contributed by atoms with Crippen LogP contribution in [0, 0.1) is 18.3 Å². The molecule has 0 fully saturated rings. The molecule has 0 heterocycles. The molecular formula is C17H14I2O2S2. The molecule has 0 amide bonds. The summed E-state index contributed by atoms with van der Waals surface area (Å²) in [6.07, 6.45) is 0.727. The zero-order valence-corrected chi connectivity index (χ0v) is 18.1. The first-order valence-corrected chi connectivity index (χ1v) is 11.7. The summed E-state index contributed by atoms with van der Waals surface area (Å²) in [6.45, 7) is 0. The highest BCUT2D eigenvalue weighted by Gasteiger charge is 2.05. The van der Waals surface area contributed by atoms with Gasteiger partial charge in [-0.2, -0.15) is 0 Å². The lowest BCUT2D eigenvalue weighted by atomic mass is 10.2. The van der Waals surface area contributed by atoms with Gasteiger partial charge in [0.15, 0.2) is 0 Å². The van der Waals surface area contributed by atoms with Crippen molar-refractivity contribution in [3.8, 4) is 11.2 Å². The van der Waals surface area contributed by atoms with E-state index in [2.05, 4.69) is 56.4 Å². The highest BCUT2D eigenvalue weighted by molar-refractivity contribution is 14.1. The van der Waals surface area contributed by atoms with E-state index in [1.165, 1.54) is 3.57 Å². The predicted octanol–water partition coefficient (Wildman–Crippen LogP) is 3.90. The molecule has 120 valence electrons. The van der Waals surface area contributed by atoms with Crippen LogP contribution >= 0.6 is 45.2 Å². The lowest BCUT2D eigenvalue weighted by Crippen LogP contribution is -2.08. The third-order valence-electron chi connectivity index (χ3n) is 2.92. The minimum Gasteiger partial charge on any atom is -0.259 e. The Hall–Kier alpha value is -0.240. The third-order valence-corrected chi connectivity index (χ3v) is 7.26. The molecule has 0 aliphatic carbocycles. The first kappa shape index (κ1) is 19.1. The lowest BCUT2D eigenvalue weighted by molar-refractivity contribution is 0.681. The molecule has 0 N–H and O–H groups in total. The Bertz CT molecular complexity index is 760. The smallest absolute Gasteiger partial charge is 0.111 e. The van der Waals surface area contributed by atoms with Gasteiger partial charge in [-0.3, -0.25) is 4.21 Å². The summed E-state index contributed by atoms with van der Waals surface area (Å²) in [5, 5.41) is 2.79. The van der Waals surface area contributed by atoms with Gasteiger partial charge < -0.3 is 0 Å². The molecule has 6 heteroatoms. The summed E-state index contributed by atoms with van der Waals surface area (Å²) < 4.78 is 26.2. The van der Waals surface area contributed by atoms with E-state index in [0.717, 1.165) is 21.1 Å². The number of benzene rings is 2. The summed E-state index contributed by atoms with van der Waals surface area (Å²) in [5.74, 6) is 3.38. The topological polar surface area (TPSA) is 34.1 Å². The average Bonchev–Trinajstić information content (AvgIpc) is 2.54. The zero-order chi connectivity index (χ0) is 16.7. The van der Waals surface area contributed by atoms with Crippen LogP contribution in [0.3, 0.4) is 0 Å². The maximum atomic E-state index is 12.0. The van der Waals surface area contributed by atoms with Gasteiger partial charge in [0.25, 0.3) is 0 Å². The van der Waals surface area contributed by atoms with Crippen LogP contribution in [0.15, 0.2) is 48.5 Å². The number of hydrogen-bond donors (Lipinski definition) is 0. The van der Waals surface area contributed by atoms with Gasteiger partial charge in [0, 0.05) is 34.5 Å². The minimum absolute atomic E-state index is 0.113. The second kappa shape index (κ2) is 9.91. The average molecular weight is 568 g/mol. The number of rotatable bonds is 5. The highest BCUT2D eigenvalue weighted by atomic mass is 127. The van der Waals surface area contributed by atoms with Gasteiger partial charge in [-0.15, -0.1) is 0 Å². The fourth-order valence-corrected chi connectivity index (χ4v) is 4.82. The Kier molecular flexibility index (Phi) is 8.23.